The fourth-order valence-electron chi connectivity index (χ4n) is 1.64. The van der Waals surface area contributed by atoms with Gasteiger partial charge in [-0.1, -0.05) is 21.3 Å². The standard InChI is InChI=1S/C14H21NO5.CH4/c1-8(2)11(15-13(18)20-14(3,4)5)9-6-7-10(19-9)12(16)17;/h6-8,11H,1-5H3,(H,15,18)(H,16,17);1H4/t11-;/m1./s1. The predicted octanol–water partition coefficient (Wildman–Crippen LogP) is 3.84. The summed E-state index contributed by atoms with van der Waals surface area (Å²) in [6, 6.07) is 2.47. The highest BCUT2D eigenvalue weighted by molar-refractivity contribution is 5.84. The fourth-order valence-corrected chi connectivity index (χ4v) is 1.64. The average molecular weight is 299 g/mol. The maximum Gasteiger partial charge on any atom is 0.408 e. The molecule has 0 bridgehead atoms. The molecule has 0 aromatic carbocycles. The highest BCUT2D eigenvalue weighted by Crippen LogP contribution is 2.24. The van der Waals surface area contributed by atoms with Gasteiger partial charge in [-0.05, 0) is 38.8 Å². The number of carboxylic acid groups (broad SMARTS) is 1. The number of hydrogen-bond acceptors (Lipinski definition) is 4. The van der Waals surface area contributed by atoms with E-state index in [2.05, 4.69) is 5.32 Å². The zero-order chi connectivity index (χ0) is 15.5. The van der Waals surface area contributed by atoms with Crippen molar-refractivity contribution in [1.82, 2.24) is 5.32 Å². The third kappa shape index (κ3) is 5.89. The Morgan fingerprint density at radius 1 is 1.29 bits per heavy atom. The number of hydrogen-bond donors (Lipinski definition) is 2. The van der Waals surface area contributed by atoms with Crippen molar-refractivity contribution in [2.75, 3.05) is 0 Å². The Labute approximate surface area is 125 Å². The Morgan fingerprint density at radius 2 is 1.86 bits per heavy atom. The van der Waals surface area contributed by atoms with E-state index in [1.54, 1.807) is 26.8 Å². The van der Waals surface area contributed by atoms with Gasteiger partial charge in [-0.25, -0.2) is 9.59 Å². The van der Waals surface area contributed by atoms with E-state index in [0.29, 0.717) is 5.76 Å². The van der Waals surface area contributed by atoms with Crippen LogP contribution in [0.3, 0.4) is 0 Å². The quantitative estimate of drug-likeness (QED) is 0.881. The molecule has 21 heavy (non-hydrogen) atoms. The molecule has 0 radical (unpaired) electrons. The van der Waals surface area contributed by atoms with Gasteiger partial charge in [0.15, 0.2) is 0 Å². The minimum Gasteiger partial charge on any atom is -0.475 e. The minimum atomic E-state index is -1.14. The summed E-state index contributed by atoms with van der Waals surface area (Å²) in [6.07, 6.45) is -0.565. The molecule has 0 aliphatic carbocycles. The maximum absolute atomic E-state index is 11.8. The normalized spacial score (nSPS) is 12.5. The minimum absolute atomic E-state index is 0. The zero-order valence-corrected chi connectivity index (χ0v) is 12.4. The number of furan rings is 1. The summed E-state index contributed by atoms with van der Waals surface area (Å²) in [5, 5.41) is 11.5. The van der Waals surface area contributed by atoms with Gasteiger partial charge in [0, 0.05) is 0 Å². The van der Waals surface area contributed by atoms with Crippen molar-refractivity contribution in [3.05, 3.63) is 23.7 Å². The average Bonchev–Trinajstić information content (AvgIpc) is 2.71. The topological polar surface area (TPSA) is 88.8 Å². The molecule has 0 spiro atoms. The molecule has 120 valence electrons. The van der Waals surface area contributed by atoms with Crippen LogP contribution in [0.4, 0.5) is 4.79 Å². The molecule has 1 aromatic heterocycles. The van der Waals surface area contributed by atoms with Gasteiger partial charge in [0.05, 0.1) is 6.04 Å². The van der Waals surface area contributed by atoms with E-state index in [9.17, 15) is 9.59 Å². The number of ether oxygens (including phenoxy) is 1. The second kappa shape index (κ2) is 7.15. The Balaban J connectivity index is 0.00000400. The van der Waals surface area contributed by atoms with Crippen LogP contribution in [0.2, 0.25) is 0 Å². The van der Waals surface area contributed by atoms with Gasteiger partial charge in [-0.15, -0.1) is 0 Å². The Morgan fingerprint density at radius 3 is 2.24 bits per heavy atom. The van der Waals surface area contributed by atoms with Crippen molar-refractivity contribution in [1.29, 1.82) is 0 Å². The first-order valence-electron chi connectivity index (χ1n) is 6.42. The number of carbonyl (C=O) groups excluding carboxylic acids is 1. The second-order valence-corrected chi connectivity index (χ2v) is 5.88. The van der Waals surface area contributed by atoms with Crippen LogP contribution in [0, 0.1) is 5.92 Å². The number of carboxylic acids is 1. The third-order valence-electron chi connectivity index (χ3n) is 2.48. The lowest BCUT2D eigenvalue weighted by molar-refractivity contribution is 0.0481. The first-order valence-corrected chi connectivity index (χ1v) is 6.42. The molecule has 0 fully saturated rings. The molecule has 6 nitrogen and oxygen atoms in total. The van der Waals surface area contributed by atoms with Gasteiger partial charge >= 0.3 is 12.1 Å². The van der Waals surface area contributed by atoms with Crippen LogP contribution in [0.15, 0.2) is 16.5 Å². The van der Waals surface area contributed by atoms with Crippen molar-refractivity contribution in [3.8, 4) is 0 Å². The van der Waals surface area contributed by atoms with E-state index in [1.165, 1.54) is 6.07 Å². The molecule has 0 saturated carbocycles. The molecule has 0 saturated heterocycles. The summed E-state index contributed by atoms with van der Waals surface area (Å²) in [5.41, 5.74) is -0.596. The Kier molecular flexibility index (Phi) is 6.48. The van der Waals surface area contributed by atoms with Gasteiger partial charge in [0.25, 0.3) is 0 Å². The molecule has 0 aliphatic heterocycles. The molecule has 0 aliphatic rings. The highest BCUT2D eigenvalue weighted by atomic mass is 16.6. The molecule has 1 aromatic rings. The van der Waals surface area contributed by atoms with Crippen molar-refractivity contribution in [2.45, 2.75) is 53.7 Å². The van der Waals surface area contributed by atoms with Crippen LogP contribution in [-0.2, 0) is 4.74 Å². The molecule has 1 rings (SSSR count). The van der Waals surface area contributed by atoms with Crippen molar-refractivity contribution in [2.24, 2.45) is 5.92 Å². The first kappa shape index (κ1) is 19.0. The number of alkyl carbamates (subject to hydrolysis) is 1. The van der Waals surface area contributed by atoms with E-state index in [4.69, 9.17) is 14.3 Å². The van der Waals surface area contributed by atoms with Gasteiger partial charge < -0.3 is 19.6 Å². The number of nitrogens with one attached hydrogen (secondary N) is 1. The van der Waals surface area contributed by atoms with Crippen molar-refractivity contribution in [3.63, 3.8) is 0 Å². The van der Waals surface area contributed by atoms with Crippen LogP contribution in [0.5, 0.6) is 0 Å². The van der Waals surface area contributed by atoms with E-state index in [-0.39, 0.29) is 19.1 Å². The highest BCUT2D eigenvalue weighted by Gasteiger charge is 2.25. The number of rotatable bonds is 4. The monoisotopic (exact) mass is 299 g/mol. The molecule has 2 N–H and O–H groups in total. The molecule has 0 unspecified atom stereocenters. The summed E-state index contributed by atoms with van der Waals surface area (Å²) < 4.78 is 10.4. The van der Waals surface area contributed by atoms with Gasteiger partial charge in [0.1, 0.15) is 11.4 Å². The van der Waals surface area contributed by atoms with Crippen LogP contribution in [0.25, 0.3) is 0 Å². The molecule has 1 atom stereocenters. The summed E-state index contributed by atoms with van der Waals surface area (Å²) in [7, 11) is 0. The second-order valence-electron chi connectivity index (χ2n) is 5.88. The lowest BCUT2D eigenvalue weighted by atomic mass is 10.0. The van der Waals surface area contributed by atoms with Crippen LogP contribution in [-0.4, -0.2) is 22.8 Å². The number of carbonyl (C=O) groups is 2. The van der Waals surface area contributed by atoms with Crippen LogP contribution >= 0.6 is 0 Å². The lowest BCUT2D eigenvalue weighted by Gasteiger charge is -2.24. The molecule has 1 heterocycles. The maximum atomic E-state index is 11.8. The summed E-state index contributed by atoms with van der Waals surface area (Å²) >= 11 is 0. The lowest BCUT2D eigenvalue weighted by Crippen LogP contribution is -2.36. The molecule has 1 amide bonds. The molecular formula is C15H25NO5. The van der Waals surface area contributed by atoms with Crippen LogP contribution in [0.1, 0.15) is 64.4 Å². The number of aromatic carboxylic acids is 1. The van der Waals surface area contributed by atoms with E-state index in [0.717, 1.165) is 0 Å². The summed E-state index contributed by atoms with van der Waals surface area (Å²) in [6.45, 7) is 9.10. The predicted molar refractivity (Wildman–Crippen MR) is 79.3 cm³/mol. The van der Waals surface area contributed by atoms with Gasteiger partial charge in [-0.2, -0.15) is 0 Å². The Bertz CT molecular complexity index is 484. The summed E-state index contributed by atoms with van der Waals surface area (Å²) in [4.78, 5) is 22.6. The number of amides is 1. The molecular weight excluding hydrogens is 274 g/mol. The molecule has 6 heteroatoms. The van der Waals surface area contributed by atoms with Gasteiger partial charge in [-0.3, -0.25) is 0 Å². The van der Waals surface area contributed by atoms with Crippen molar-refractivity contribution >= 4 is 12.1 Å². The Hall–Kier alpha value is -1.98. The van der Waals surface area contributed by atoms with E-state index >= 15 is 0 Å². The largest absolute Gasteiger partial charge is 0.475 e. The summed E-state index contributed by atoms with van der Waals surface area (Å²) in [5.74, 6) is -0.883. The fraction of sp³-hybridized carbons (Fsp3) is 0.600. The third-order valence-corrected chi connectivity index (χ3v) is 2.48. The smallest absolute Gasteiger partial charge is 0.408 e. The zero-order valence-electron chi connectivity index (χ0n) is 12.4. The van der Waals surface area contributed by atoms with Gasteiger partial charge in [0.2, 0.25) is 5.76 Å². The SMILES string of the molecule is C.CC(C)[C@@H](NC(=O)OC(C)(C)C)c1ccc(C(=O)O)o1. The van der Waals surface area contributed by atoms with Crippen molar-refractivity contribution < 1.29 is 23.8 Å². The van der Waals surface area contributed by atoms with Crippen LogP contribution < -0.4 is 5.32 Å². The van der Waals surface area contributed by atoms with E-state index < -0.39 is 23.7 Å². The van der Waals surface area contributed by atoms with E-state index in [1.807, 2.05) is 13.8 Å². The first-order chi connectivity index (χ1) is 9.10.